The molecule has 0 saturated carbocycles. The predicted octanol–water partition coefficient (Wildman–Crippen LogP) is 5.01. The molecule has 2 nitrogen and oxygen atoms in total. The Morgan fingerprint density at radius 2 is 1.90 bits per heavy atom. The summed E-state index contributed by atoms with van der Waals surface area (Å²) in [6.07, 6.45) is 1.07. The van der Waals surface area contributed by atoms with Crippen molar-refractivity contribution in [2.45, 2.75) is 32.4 Å². The molecule has 2 unspecified atom stereocenters. The van der Waals surface area contributed by atoms with Crippen LogP contribution in [-0.4, -0.2) is 6.04 Å². The molecule has 0 saturated heterocycles. The van der Waals surface area contributed by atoms with Gasteiger partial charge in [0.25, 0.3) is 0 Å². The van der Waals surface area contributed by atoms with Crippen LogP contribution in [0.15, 0.2) is 42.5 Å². The molecule has 0 bridgehead atoms. The van der Waals surface area contributed by atoms with Crippen LogP contribution in [0, 0.1) is 6.92 Å². The molecule has 2 aromatic rings. The van der Waals surface area contributed by atoms with Crippen molar-refractivity contribution in [1.82, 2.24) is 0 Å². The van der Waals surface area contributed by atoms with Gasteiger partial charge in [-0.05, 0) is 56.2 Å². The molecule has 0 fully saturated rings. The van der Waals surface area contributed by atoms with Gasteiger partial charge in [-0.25, -0.2) is 0 Å². The van der Waals surface area contributed by atoms with Gasteiger partial charge >= 0.3 is 0 Å². The van der Waals surface area contributed by atoms with Crippen LogP contribution in [-0.2, 0) is 0 Å². The van der Waals surface area contributed by atoms with Crippen LogP contribution in [0.3, 0.4) is 0 Å². The highest BCUT2D eigenvalue weighted by molar-refractivity contribution is 6.30. The number of hydrogen-bond donors (Lipinski definition) is 2. The highest BCUT2D eigenvalue weighted by Gasteiger charge is 2.24. The van der Waals surface area contributed by atoms with Gasteiger partial charge in [0.05, 0.1) is 6.04 Å². The van der Waals surface area contributed by atoms with Crippen molar-refractivity contribution in [3.05, 3.63) is 58.6 Å². The predicted molar refractivity (Wildman–Crippen MR) is 86.7 cm³/mol. The molecular weight excluding hydrogens is 268 g/mol. The number of rotatable bonds is 2. The molecule has 0 radical (unpaired) electrons. The van der Waals surface area contributed by atoms with E-state index >= 15 is 0 Å². The van der Waals surface area contributed by atoms with Crippen molar-refractivity contribution in [2.24, 2.45) is 0 Å². The van der Waals surface area contributed by atoms with E-state index in [-0.39, 0.29) is 0 Å². The minimum Gasteiger partial charge on any atom is -0.382 e. The van der Waals surface area contributed by atoms with E-state index in [1.807, 2.05) is 24.3 Å². The molecule has 104 valence electrons. The highest BCUT2D eigenvalue weighted by atomic mass is 35.5. The summed E-state index contributed by atoms with van der Waals surface area (Å²) in [6.45, 7) is 4.36. The van der Waals surface area contributed by atoms with Gasteiger partial charge in [0.1, 0.15) is 0 Å². The number of benzene rings is 2. The Kier molecular flexibility index (Phi) is 3.58. The third kappa shape index (κ3) is 2.75. The molecule has 1 aliphatic rings. The monoisotopic (exact) mass is 286 g/mol. The molecule has 0 aromatic heterocycles. The average molecular weight is 287 g/mol. The lowest BCUT2D eigenvalue weighted by atomic mass is 9.92. The van der Waals surface area contributed by atoms with E-state index in [2.05, 4.69) is 42.7 Å². The van der Waals surface area contributed by atoms with Gasteiger partial charge in [-0.3, -0.25) is 0 Å². The molecule has 2 aromatic carbocycles. The maximum Gasteiger partial charge on any atom is 0.0553 e. The number of nitrogens with one attached hydrogen (secondary N) is 2. The lowest BCUT2D eigenvalue weighted by Gasteiger charge is -2.33. The summed E-state index contributed by atoms with van der Waals surface area (Å²) >= 11 is 5.94. The topological polar surface area (TPSA) is 24.1 Å². The zero-order valence-electron chi connectivity index (χ0n) is 11.8. The standard InChI is InChI=1S/C17H19ClN2/c1-11-3-8-16-15(9-11)17(10-12(2)19-16)20-14-6-4-13(18)5-7-14/h3-9,12,17,19-20H,10H2,1-2H3. The van der Waals surface area contributed by atoms with Crippen LogP contribution < -0.4 is 10.6 Å². The minimum atomic E-state index is 0.335. The first-order valence-electron chi connectivity index (χ1n) is 7.01. The summed E-state index contributed by atoms with van der Waals surface area (Å²) in [5.74, 6) is 0. The summed E-state index contributed by atoms with van der Waals surface area (Å²) in [5, 5.41) is 7.94. The average Bonchev–Trinajstić information content (AvgIpc) is 2.42. The first-order valence-corrected chi connectivity index (χ1v) is 7.39. The zero-order valence-corrected chi connectivity index (χ0v) is 12.5. The van der Waals surface area contributed by atoms with Crippen molar-refractivity contribution >= 4 is 23.0 Å². The van der Waals surface area contributed by atoms with E-state index < -0.39 is 0 Å². The first kappa shape index (κ1) is 13.3. The van der Waals surface area contributed by atoms with Crippen LogP contribution in [0.2, 0.25) is 5.02 Å². The molecule has 2 N–H and O–H groups in total. The van der Waals surface area contributed by atoms with Gasteiger partial charge in [-0.15, -0.1) is 0 Å². The lowest BCUT2D eigenvalue weighted by Crippen LogP contribution is -2.29. The normalized spacial score (nSPS) is 20.9. The van der Waals surface area contributed by atoms with Gasteiger partial charge in [-0.1, -0.05) is 29.3 Å². The SMILES string of the molecule is Cc1ccc2c(c1)C(Nc1ccc(Cl)cc1)CC(C)N2. The molecule has 2 atom stereocenters. The van der Waals surface area contributed by atoms with Crippen LogP contribution in [0.25, 0.3) is 0 Å². The van der Waals surface area contributed by atoms with Crippen molar-refractivity contribution in [3.63, 3.8) is 0 Å². The first-order chi connectivity index (χ1) is 9.61. The number of anilines is 2. The minimum absolute atomic E-state index is 0.335. The van der Waals surface area contributed by atoms with Crippen LogP contribution in [0.1, 0.15) is 30.5 Å². The van der Waals surface area contributed by atoms with Gasteiger partial charge < -0.3 is 10.6 Å². The van der Waals surface area contributed by atoms with Gasteiger partial charge in [0.15, 0.2) is 0 Å². The molecule has 0 spiro atoms. The summed E-state index contributed by atoms with van der Waals surface area (Å²) in [5.41, 5.74) is 4.99. The van der Waals surface area contributed by atoms with E-state index in [4.69, 9.17) is 11.6 Å². The molecule has 20 heavy (non-hydrogen) atoms. The Labute approximate surface area is 125 Å². The molecule has 1 aliphatic heterocycles. The smallest absolute Gasteiger partial charge is 0.0553 e. The van der Waals surface area contributed by atoms with E-state index in [9.17, 15) is 0 Å². The molecular formula is C17H19ClN2. The summed E-state index contributed by atoms with van der Waals surface area (Å²) in [7, 11) is 0. The second kappa shape index (κ2) is 5.37. The Morgan fingerprint density at radius 1 is 1.15 bits per heavy atom. The fraction of sp³-hybridized carbons (Fsp3) is 0.294. The Morgan fingerprint density at radius 3 is 2.65 bits per heavy atom. The van der Waals surface area contributed by atoms with Crippen molar-refractivity contribution in [1.29, 1.82) is 0 Å². The number of aryl methyl sites for hydroxylation is 1. The molecule has 0 aliphatic carbocycles. The van der Waals surface area contributed by atoms with E-state index in [0.29, 0.717) is 12.1 Å². The van der Waals surface area contributed by atoms with Crippen molar-refractivity contribution < 1.29 is 0 Å². The molecule has 3 heteroatoms. The summed E-state index contributed by atoms with van der Waals surface area (Å²) in [4.78, 5) is 0. The summed E-state index contributed by atoms with van der Waals surface area (Å²) < 4.78 is 0. The van der Waals surface area contributed by atoms with Crippen molar-refractivity contribution in [2.75, 3.05) is 10.6 Å². The Bertz CT molecular complexity index is 607. The van der Waals surface area contributed by atoms with Crippen molar-refractivity contribution in [3.8, 4) is 0 Å². The number of fused-ring (bicyclic) bond motifs is 1. The van der Waals surface area contributed by atoms with Gasteiger partial charge in [0.2, 0.25) is 0 Å². The van der Waals surface area contributed by atoms with Gasteiger partial charge in [-0.2, -0.15) is 0 Å². The largest absolute Gasteiger partial charge is 0.382 e. The maximum atomic E-state index is 5.94. The fourth-order valence-electron chi connectivity index (χ4n) is 2.79. The van der Waals surface area contributed by atoms with Crippen LogP contribution in [0.4, 0.5) is 11.4 Å². The van der Waals surface area contributed by atoms with E-state index in [0.717, 1.165) is 17.1 Å². The van der Waals surface area contributed by atoms with Crippen LogP contribution in [0.5, 0.6) is 0 Å². The van der Waals surface area contributed by atoms with E-state index in [1.165, 1.54) is 16.8 Å². The maximum absolute atomic E-state index is 5.94. The number of halogens is 1. The highest BCUT2D eigenvalue weighted by Crippen LogP contribution is 2.35. The summed E-state index contributed by atoms with van der Waals surface area (Å²) in [6, 6.07) is 15.3. The van der Waals surface area contributed by atoms with E-state index in [1.54, 1.807) is 0 Å². The second-order valence-corrected chi connectivity index (χ2v) is 6.01. The lowest BCUT2D eigenvalue weighted by molar-refractivity contribution is 0.599. The third-order valence-electron chi connectivity index (χ3n) is 3.76. The second-order valence-electron chi connectivity index (χ2n) is 5.58. The molecule has 3 rings (SSSR count). The fourth-order valence-corrected chi connectivity index (χ4v) is 2.92. The Balaban J connectivity index is 1.90. The number of hydrogen-bond acceptors (Lipinski definition) is 2. The zero-order chi connectivity index (χ0) is 14.1. The third-order valence-corrected chi connectivity index (χ3v) is 4.01. The van der Waals surface area contributed by atoms with Crippen LogP contribution >= 0.6 is 11.6 Å². The van der Waals surface area contributed by atoms with Gasteiger partial charge in [0, 0.05) is 22.4 Å². The Hall–Kier alpha value is -1.67. The molecule has 1 heterocycles. The quantitative estimate of drug-likeness (QED) is 0.811. The molecule has 0 amide bonds.